The molecule has 0 aliphatic rings. The predicted octanol–water partition coefficient (Wildman–Crippen LogP) is 3.55. The molecule has 0 aromatic carbocycles. The van der Waals surface area contributed by atoms with Crippen LogP contribution in [0.5, 0.6) is 0 Å². The van der Waals surface area contributed by atoms with Crippen LogP contribution in [0.4, 0.5) is 4.79 Å². The van der Waals surface area contributed by atoms with Crippen molar-refractivity contribution in [1.82, 2.24) is 5.32 Å². The minimum Gasteiger partial charge on any atom is -0.396 e. The summed E-state index contributed by atoms with van der Waals surface area (Å²) in [6.07, 6.45) is 2.11. The average Bonchev–Trinajstić information content (AvgIpc) is 2.41. The molecular formula is C10H21NO2S6. The van der Waals surface area contributed by atoms with Gasteiger partial charge in [-0.25, -0.2) is 0 Å². The van der Waals surface area contributed by atoms with E-state index in [1.54, 1.807) is 23.5 Å². The Bertz CT molecular complexity index is 210. The van der Waals surface area contributed by atoms with Gasteiger partial charge >= 0.3 is 0 Å². The number of aliphatic hydroxyl groups excluding tert-OH is 1. The van der Waals surface area contributed by atoms with Crippen molar-refractivity contribution >= 4 is 75.8 Å². The van der Waals surface area contributed by atoms with E-state index in [0.717, 1.165) is 32.5 Å². The maximum absolute atomic E-state index is 11.4. The van der Waals surface area contributed by atoms with Crippen molar-refractivity contribution in [1.29, 1.82) is 0 Å². The van der Waals surface area contributed by atoms with Gasteiger partial charge in [-0.05, 0) is 6.26 Å². The second-order valence-corrected chi connectivity index (χ2v) is 10.3. The molecule has 0 aliphatic heterocycles. The topological polar surface area (TPSA) is 49.3 Å². The number of carbonyl (C=O) groups is 1. The molecule has 0 heterocycles. The molecule has 19 heavy (non-hydrogen) atoms. The van der Waals surface area contributed by atoms with Crippen LogP contribution in [-0.4, -0.2) is 61.6 Å². The highest BCUT2D eigenvalue weighted by molar-refractivity contribution is 8.25. The number of carbonyl (C=O) groups excluding carboxylic acids is 1. The molecule has 0 aliphatic carbocycles. The molecule has 0 unspecified atom stereocenters. The van der Waals surface area contributed by atoms with Crippen LogP contribution in [0.1, 0.15) is 0 Å². The largest absolute Gasteiger partial charge is 0.396 e. The molecule has 0 saturated heterocycles. The van der Waals surface area contributed by atoms with Crippen molar-refractivity contribution in [3.05, 3.63) is 0 Å². The fraction of sp³-hybridized carbons (Fsp3) is 0.900. The van der Waals surface area contributed by atoms with Gasteiger partial charge in [-0.2, -0.15) is 23.5 Å². The van der Waals surface area contributed by atoms with E-state index in [1.807, 2.05) is 35.3 Å². The van der Waals surface area contributed by atoms with Crippen molar-refractivity contribution in [3.63, 3.8) is 0 Å². The molecular weight excluding hydrogens is 359 g/mol. The zero-order chi connectivity index (χ0) is 14.2. The van der Waals surface area contributed by atoms with Gasteiger partial charge in [0.2, 0.25) is 0 Å². The lowest BCUT2D eigenvalue weighted by molar-refractivity contribution is 0.262. The zero-order valence-corrected chi connectivity index (χ0v) is 15.9. The standard InChI is InChI=1S/C10H21NO2S6/c1-14-7-17-9-18-8-16-6-11-10(13)19-5-4-15-3-2-12/h12H,2-9H2,1H3,(H,11,13). The molecule has 1 amide bonds. The average molecular weight is 380 g/mol. The highest BCUT2D eigenvalue weighted by atomic mass is 32.2. The van der Waals surface area contributed by atoms with Gasteiger partial charge in [0.1, 0.15) is 0 Å². The number of aliphatic hydroxyl groups is 1. The maximum Gasteiger partial charge on any atom is 0.279 e. The van der Waals surface area contributed by atoms with E-state index in [2.05, 4.69) is 11.6 Å². The first-order valence-electron chi connectivity index (χ1n) is 5.62. The van der Waals surface area contributed by atoms with Crippen molar-refractivity contribution < 1.29 is 9.90 Å². The zero-order valence-electron chi connectivity index (χ0n) is 11.0. The quantitative estimate of drug-likeness (QED) is 0.372. The monoisotopic (exact) mass is 379 g/mol. The van der Waals surface area contributed by atoms with Gasteiger partial charge in [0.15, 0.2) is 0 Å². The number of amides is 1. The molecule has 0 spiro atoms. The van der Waals surface area contributed by atoms with Gasteiger partial charge in [-0.15, -0.1) is 35.3 Å². The number of nitrogens with one attached hydrogen (secondary N) is 1. The van der Waals surface area contributed by atoms with Gasteiger partial charge in [-0.1, -0.05) is 11.8 Å². The Morgan fingerprint density at radius 3 is 2.47 bits per heavy atom. The number of hydrogen-bond donors (Lipinski definition) is 2. The van der Waals surface area contributed by atoms with Crippen LogP contribution >= 0.6 is 70.6 Å². The summed E-state index contributed by atoms with van der Waals surface area (Å²) in [5, 5.41) is 14.8. The lowest BCUT2D eigenvalue weighted by Gasteiger charge is -2.04. The van der Waals surface area contributed by atoms with Crippen molar-refractivity contribution in [2.75, 3.05) is 51.3 Å². The van der Waals surface area contributed by atoms with Crippen LogP contribution in [0.15, 0.2) is 0 Å². The van der Waals surface area contributed by atoms with Crippen LogP contribution in [0.3, 0.4) is 0 Å². The molecule has 0 aromatic heterocycles. The summed E-state index contributed by atoms with van der Waals surface area (Å²) in [5.74, 6) is 3.16. The van der Waals surface area contributed by atoms with Crippen LogP contribution in [0, 0.1) is 0 Å². The second kappa shape index (κ2) is 17.6. The first-order valence-corrected chi connectivity index (χ1v) is 12.6. The summed E-state index contributed by atoms with van der Waals surface area (Å²) in [6, 6.07) is 0. The third-order valence-corrected chi connectivity index (χ3v) is 8.21. The Labute approximate surface area is 141 Å². The molecule has 3 nitrogen and oxygen atoms in total. The van der Waals surface area contributed by atoms with Crippen LogP contribution in [0.25, 0.3) is 0 Å². The lowest BCUT2D eigenvalue weighted by Crippen LogP contribution is -2.18. The van der Waals surface area contributed by atoms with Crippen molar-refractivity contribution in [2.45, 2.75) is 0 Å². The van der Waals surface area contributed by atoms with Gasteiger partial charge in [0.05, 0.1) is 12.5 Å². The van der Waals surface area contributed by atoms with Gasteiger partial charge in [0.25, 0.3) is 5.24 Å². The van der Waals surface area contributed by atoms with Crippen molar-refractivity contribution in [3.8, 4) is 0 Å². The molecule has 9 heteroatoms. The molecule has 114 valence electrons. The smallest absolute Gasteiger partial charge is 0.279 e. The van der Waals surface area contributed by atoms with Gasteiger partial charge in [0, 0.05) is 32.5 Å². The van der Waals surface area contributed by atoms with Crippen LogP contribution in [-0.2, 0) is 0 Å². The Kier molecular flexibility index (Phi) is 19.0. The van der Waals surface area contributed by atoms with E-state index in [1.165, 1.54) is 11.8 Å². The highest BCUT2D eigenvalue weighted by Crippen LogP contribution is 2.19. The van der Waals surface area contributed by atoms with Crippen LogP contribution < -0.4 is 5.32 Å². The summed E-state index contributed by atoms with van der Waals surface area (Å²) in [7, 11) is 0. The molecule has 2 N–H and O–H groups in total. The first kappa shape index (κ1) is 20.5. The maximum atomic E-state index is 11.4. The summed E-state index contributed by atoms with van der Waals surface area (Å²) >= 11 is 10.4. The molecule has 0 radical (unpaired) electrons. The minimum absolute atomic E-state index is 0.0545. The molecule has 0 saturated carbocycles. The van der Waals surface area contributed by atoms with E-state index in [0.29, 0.717) is 5.88 Å². The summed E-state index contributed by atoms with van der Waals surface area (Å²) in [6.45, 7) is 0.213. The predicted molar refractivity (Wildman–Crippen MR) is 101 cm³/mol. The summed E-state index contributed by atoms with van der Waals surface area (Å²) < 4.78 is 0. The third-order valence-electron chi connectivity index (χ3n) is 1.55. The fourth-order valence-electron chi connectivity index (χ4n) is 0.832. The number of thioether (sulfide) groups is 6. The van der Waals surface area contributed by atoms with E-state index in [-0.39, 0.29) is 11.8 Å². The molecule has 0 aromatic rings. The molecule has 0 fully saturated rings. The lowest BCUT2D eigenvalue weighted by atomic mass is 10.9. The molecule has 0 rings (SSSR count). The molecule has 0 atom stereocenters. The second-order valence-electron chi connectivity index (χ2n) is 3.05. The summed E-state index contributed by atoms with van der Waals surface area (Å²) in [4.78, 5) is 11.4. The van der Waals surface area contributed by atoms with E-state index >= 15 is 0 Å². The van der Waals surface area contributed by atoms with E-state index in [9.17, 15) is 4.79 Å². The first-order chi connectivity index (χ1) is 9.31. The number of hydrogen-bond acceptors (Lipinski definition) is 8. The fourth-order valence-corrected chi connectivity index (χ4v) is 6.37. The SMILES string of the molecule is CSCSCSCSCNC(=O)SCCSCCO. The van der Waals surface area contributed by atoms with Gasteiger partial charge < -0.3 is 10.4 Å². The Balaban J connectivity index is 3.12. The van der Waals surface area contributed by atoms with Crippen LogP contribution in [0.2, 0.25) is 0 Å². The molecule has 0 bridgehead atoms. The summed E-state index contributed by atoms with van der Waals surface area (Å²) in [5.41, 5.74) is 0. The minimum atomic E-state index is 0.0545. The van der Waals surface area contributed by atoms with E-state index < -0.39 is 0 Å². The van der Waals surface area contributed by atoms with E-state index in [4.69, 9.17) is 5.11 Å². The third kappa shape index (κ3) is 17.5. The Morgan fingerprint density at radius 2 is 1.74 bits per heavy atom. The Hall–Kier alpha value is 1.53. The normalized spacial score (nSPS) is 10.6. The Morgan fingerprint density at radius 1 is 1.00 bits per heavy atom. The van der Waals surface area contributed by atoms with Crippen molar-refractivity contribution in [2.24, 2.45) is 0 Å². The van der Waals surface area contributed by atoms with Gasteiger partial charge in [-0.3, -0.25) is 4.79 Å². The number of rotatable bonds is 13. The highest BCUT2D eigenvalue weighted by Gasteiger charge is 2.01.